The van der Waals surface area contributed by atoms with Gasteiger partial charge in [0.25, 0.3) is 0 Å². The second-order valence-electron chi connectivity index (χ2n) is 3.79. The van der Waals surface area contributed by atoms with Gasteiger partial charge in [0.05, 0.1) is 0 Å². The van der Waals surface area contributed by atoms with E-state index in [1.54, 1.807) is 5.12 Å². The van der Waals surface area contributed by atoms with Gasteiger partial charge in [0.1, 0.15) is 0 Å². The van der Waals surface area contributed by atoms with E-state index in [-0.39, 0.29) is 0 Å². The molecule has 1 aliphatic rings. The van der Waals surface area contributed by atoms with Crippen LogP contribution in [0.2, 0.25) is 0 Å². The van der Waals surface area contributed by atoms with Crippen molar-refractivity contribution in [3.05, 3.63) is 24.3 Å². The van der Waals surface area contributed by atoms with Crippen LogP contribution < -0.4 is 5.59 Å². The SMILES string of the molecule is C=C(/C=C\CC)CN1CCCCN1NO. The summed E-state index contributed by atoms with van der Waals surface area (Å²) in [5.41, 5.74) is 3.28. The van der Waals surface area contributed by atoms with E-state index in [4.69, 9.17) is 5.21 Å². The van der Waals surface area contributed by atoms with Crippen LogP contribution in [-0.4, -0.2) is 35.0 Å². The molecule has 0 radical (unpaired) electrons. The zero-order chi connectivity index (χ0) is 11.1. The molecule has 1 heterocycles. The van der Waals surface area contributed by atoms with Gasteiger partial charge in [-0.15, -0.1) is 5.59 Å². The third-order valence-corrected chi connectivity index (χ3v) is 2.47. The van der Waals surface area contributed by atoms with Crippen molar-refractivity contribution >= 4 is 0 Å². The fraction of sp³-hybridized carbons (Fsp3) is 0.636. The van der Waals surface area contributed by atoms with E-state index in [9.17, 15) is 0 Å². The molecule has 4 nitrogen and oxygen atoms in total. The molecule has 0 atom stereocenters. The van der Waals surface area contributed by atoms with Crippen molar-refractivity contribution in [2.24, 2.45) is 0 Å². The van der Waals surface area contributed by atoms with Gasteiger partial charge >= 0.3 is 0 Å². The summed E-state index contributed by atoms with van der Waals surface area (Å²) < 4.78 is 0. The number of nitrogens with zero attached hydrogens (tertiary/aromatic N) is 2. The molecule has 1 aliphatic heterocycles. The molecule has 0 bridgehead atoms. The van der Waals surface area contributed by atoms with Gasteiger partial charge < -0.3 is 5.21 Å². The van der Waals surface area contributed by atoms with E-state index in [1.807, 2.05) is 6.08 Å². The monoisotopic (exact) mass is 211 g/mol. The van der Waals surface area contributed by atoms with E-state index in [0.29, 0.717) is 0 Å². The molecule has 1 saturated heterocycles. The molecule has 86 valence electrons. The summed E-state index contributed by atoms with van der Waals surface area (Å²) in [6.45, 7) is 8.68. The second-order valence-corrected chi connectivity index (χ2v) is 3.79. The van der Waals surface area contributed by atoms with Gasteiger partial charge in [0.2, 0.25) is 0 Å². The highest BCUT2D eigenvalue weighted by molar-refractivity contribution is 5.15. The maximum Gasteiger partial charge on any atom is 0.0392 e. The van der Waals surface area contributed by atoms with Crippen LogP contribution in [0.25, 0.3) is 0 Å². The van der Waals surface area contributed by atoms with Crippen molar-refractivity contribution in [3.8, 4) is 0 Å². The summed E-state index contributed by atoms with van der Waals surface area (Å²) in [6.07, 6.45) is 7.46. The summed E-state index contributed by atoms with van der Waals surface area (Å²) in [7, 11) is 0. The summed E-state index contributed by atoms with van der Waals surface area (Å²) in [4.78, 5) is 0. The molecule has 1 fully saturated rings. The van der Waals surface area contributed by atoms with Gasteiger partial charge in [0, 0.05) is 19.6 Å². The predicted molar refractivity (Wildman–Crippen MR) is 61.0 cm³/mol. The lowest BCUT2D eigenvalue weighted by molar-refractivity contribution is -0.170. The highest BCUT2D eigenvalue weighted by Crippen LogP contribution is 2.10. The van der Waals surface area contributed by atoms with Crippen LogP contribution in [0.1, 0.15) is 26.2 Å². The minimum atomic E-state index is 0.768. The van der Waals surface area contributed by atoms with Crippen molar-refractivity contribution in [1.82, 2.24) is 15.7 Å². The Morgan fingerprint density at radius 1 is 1.47 bits per heavy atom. The van der Waals surface area contributed by atoms with Gasteiger partial charge in [0.15, 0.2) is 0 Å². The first-order chi connectivity index (χ1) is 7.27. The van der Waals surface area contributed by atoms with Crippen molar-refractivity contribution < 1.29 is 5.21 Å². The fourth-order valence-electron chi connectivity index (χ4n) is 1.67. The molecule has 0 aliphatic carbocycles. The van der Waals surface area contributed by atoms with Crippen molar-refractivity contribution in [3.63, 3.8) is 0 Å². The van der Waals surface area contributed by atoms with Crippen LogP contribution >= 0.6 is 0 Å². The summed E-state index contributed by atoms with van der Waals surface area (Å²) in [6, 6.07) is 0. The van der Waals surface area contributed by atoms with Gasteiger partial charge in [-0.2, -0.15) is 5.12 Å². The molecular weight excluding hydrogens is 190 g/mol. The molecule has 0 aromatic rings. The Kier molecular flexibility index (Phi) is 5.57. The fourth-order valence-corrected chi connectivity index (χ4v) is 1.67. The number of hydrazine groups is 2. The van der Waals surface area contributed by atoms with E-state index in [2.05, 4.69) is 30.2 Å². The molecule has 2 N–H and O–H groups in total. The topological polar surface area (TPSA) is 38.7 Å². The Morgan fingerprint density at radius 3 is 2.87 bits per heavy atom. The highest BCUT2D eigenvalue weighted by atomic mass is 16.5. The molecule has 1 rings (SSSR count). The van der Waals surface area contributed by atoms with Gasteiger partial charge in [-0.3, -0.25) is 0 Å². The number of hydrogen-bond donors (Lipinski definition) is 2. The average Bonchev–Trinajstić information content (AvgIpc) is 2.27. The van der Waals surface area contributed by atoms with Gasteiger partial charge in [-0.05, 0) is 24.8 Å². The second kappa shape index (κ2) is 6.74. The molecule has 0 amide bonds. The molecule has 4 heteroatoms. The zero-order valence-corrected chi connectivity index (χ0v) is 9.45. The molecule has 0 saturated carbocycles. The van der Waals surface area contributed by atoms with Gasteiger partial charge in [-0.1, -0.05) is 25.7 Å². The maximum atomic E-state index is 8.94. The minimum absolute atomic E-state index is 0.768. The van der Waals surface area contributed by atoms with Crippen LogP contribution in [0.15, 0.2) is 24.3 Å². The quantitative estimate of drug-likeness (QED) is 0.536. The van der Waals surface area contributed by atoms with Crippen molar-refractivity contribution in [2.75, 3.05) is 19.6 Å². The molecular formula is C11H21N3O. The van der Waals surface area contributed by atoms with Gasteiger partial charge in [-0.25, -0.2) is 5.01 Å². The number of hydrogen-bond acceptors (Lipinski definition) is 4. The van der Waals surface area contributed by atoms with Crippen LogP contribution in [0.5, 0.6) is 0 Å². The van der Waals surface area contributed by atoms with Crippen LogP contribution in [0.4, 0.5) is 0 Å². The lowest BCUT2D eigenvalue weighted by atomic mass is 10.2. The molecule has 0 aromatic heterocycles. The number of rotatable bonds is 5. The largest absolute Gasteiger partial charge is 0.301 e. The Balaban J connectivity index is 2.40. The number of nitrogens with one attached hydrogen (secondary N) is 1. The standard InChI is InChI=1S/C11H21N3O/c1-3-4-7-11(2)10-13-8-5-6-9-14(13)12-15/h4,7,12,15H,2-3,5-6,8-10H2,1H3/b7-4-. The van der Waals surface area contributed by atoms with Crippen molar-refractivity contribution in [1.29, 1.82) is 0 Å². The maximum absolute atomic E-state index is 8.94. The first-order valence-electron chi connectivity index (χ1n) is 5.54. The molecule has 15 heavy (non-hydrogen) atoms. The first-order valence-corrected chi connectivity index (χ1v) is 5.54. The van der Waals surface area contributed by atoms with E-state index in [1.165, 1.54) is 6.42 Å². The van der Waals surface area contributed by atoms with Crippen LogP contribution in [0, 0.1) is 0 Å². The Bertz CT molecular complexity index is 228. The molecule has 0 aromatic carbocycles. The average molecular weight is 211 g/mol. The predicted octanol–water partition coefficient (Wildman–Crippen LogP) is 1.72. The van der Waals surface area contributed by atoms with E-state index < -0.39 is 0 Å². The lowest BCUT2D eigenvalue weighted by Crippen LogP contribution is -2.53. The summed E-state index contributed by atoms with van der Waals surface area (Å²) in [5.74, 6) is 0. The Labute approximate surface area is 91.8 Å². The van der Waals surface area contributed by atoms with E-state index in [0.717, 1.165) is 38.0 Å². The number of allylic oxidation sites excluding steroid dienone is 1. The Hall–Kier alpha value is -0.680. The Morgan fingerprint density at radius 2 is 2.20 bits per heavy atom. The third-order valence-electron chi connectivity index (χ3n) is 2.47. The summed E-state index contributed by atoms with van der Waals surface area (Å²) in [5, 5.41) is 12.8. The van der Waals surface area contributed by atoms with E-state index >= 15 is 0 Å². The first kappa shape index (κ1) is 12.4. The highest BCUT2D eigenvalue weighted by Gasteiger charge is 2.18. The van der Waals surface area contributed by atoms with Crippen LogP contribution in [0.3, 0.4) is 0 Å². The summed E-state index contributed by atoms with van der Waals surface area (Å²) >= 11 is 0. The molecule has 0 unspecified atom stereocenters. The zero-order valence-electron chi connectivity index (χ0n) is 9.45. The minimum Gasteiger partial charge on any atom is -0.301 e. The van der Waals surface area contributed by atoms with Crippen molar-refractivity contribution in [2.45, 2.75) is 26.2 Å². The smallest absolute Gasteiger partial charge is 0.0392 e. The lowest BCUT2D eigenvalue weighted by Gasteiger charge is -2.36. The third kappa shape index (κ3) is 4.13. The van der Waals surface area contributed by atoms with Crippen LogP contribution in [-0.2, 0) is 0 Å². The molecule has 0 spiro atoms. The normalized spacial score (nSPS) is 19.9.